The van der Waals surface area contributed by atoms with Crippen molar-refractivity contribution in [3.05, 3.63) is 24.8 Å². The minimum Gasteiger partial charge on any atom is -0.384 e. The summed E-state index contributed by atoms with van der Waals surface area (Å²) in [6.45, 7) is 16.1. The maximum absolute atomic E-state index is 5.40. The number of allylic oxidation sites excluding steroid dienone is 2. The van der Waals surface area contributed by atoms with E-state index in [1.54, 1.807) is 7.11 Å². The van der Waals surface area contributed by atoms with Gasteiger partial charge in [-0.15, -0.1) is 0 Å². The Morgan fingerprint density at radius 3 is 2.53 bits per heavy atom. The Morgan fingerprint density at radius 2 is 2.12 bits per heavy atom. The molecule has 0 aromatic carbocycles. The number of ether oxygens (including phenoxy) is 1. The minimum absolute atomic E-state index is 0.213. The van der Waals surface area contributed by atoms with Crippen LogP contribution in [-0.4, -0.2) is 26.3 Å². The molecule has 0 heterocycles. The van der Waals surface area contributed by atoms with Crippen molar-refractivity contribution in [1.82, 2.24) is 5.32 Å². The van der Waals surface area contributed by atoms with Gasteiger partial charge >= 0.3 is 0 Å². The van der Waals surface area contributed by atoms with Crippen molar-refractivity contribution in [1.29, 1.82) is 0 Å². The van der Waals surface area contributed by atoms with Crippen LogP contribution < -0.4 is 5.32 Å². The zero-order valence-electron chi connectivity index (χ0n) is 12.0. The molecule has 2 heteroatoms. The van der Waals surface area contributed by atoms with Crippen molar-refractivity contribution in [2.45, 2.75) is 46.1 Å². The van der Waals surface area contributed by atoms with Crippen LogP contribution in [0.1, 0.15) is 40.0 Å². The highest BCUT2D eigenvalue weighted by molar-refractivity contribution is 5.11. The summed E-state index contributed by atoms with van der Waals surface area (Å²) in [6.07, 6.45) is 5.07. The molecule has 1 atom stereocenters. The molecule has 0 aliphatic carbocycles. The van der Waals surface area contributed by atoms with Gasteiger partial charge in [0.1, 0.15) is 0 Å². The molecule has 1 N–H and O–H groups in total. The van der Waals surface area contributed by atoms with Crippen molar-refractivity contribution < 1.29 is 4.74 Å². The standard InChI is InChI=1S/C15H29NO/c1-7-14(5)9-10-15(8-2,12-17-6)11-16-13(3)4/h7,13,16H,1,5,8-12H2,2-4,6H3. The first kappa shape index (κ1) is 16.4. The fraction of sp³-hybridized carbons (Fsp3) is 0.733. The van der Waals surface area contributed by atoms with E-state index in [4.69, 9.17) is 4.74 Å². The smallest absolute Gasteiger partial charge is 0.0530 e. The van der Waals surface area contributed by atoms with Gasteiger partial charge in [-0.05, 0) is 19.3 Å². The molecule has 100 valence electrons. The molecule has 0 spiro atoms. The number of rotatable bonds is 10. The lowest BCUT2D eigenvalue weighted by Crippen LogP contribution is -2.40. The Kier molecular flexibility index (Phi) is 8.19. The SMILES string of the molecule is C=CC(=C)CCC(CC)(CNC(C)C)COC. The third-order valence-corrected chi connectivity index (χ3v) is 3.35. The molecule has 0 bridgehead atoms. The lowest BCUT2D eigenvalue weighted by atomic mass is 9.80. The van der Waals surface area contributed by atoms with Crippen LogP contribution in [0.25, 0.3) is 0 Å². The summed E-state index contributed by atoms with van der Waals surface area (Å²) >= 11 is 0. The molecule has 0 fully saturated rings. The Bertz CT molecular complexity index is 235. The minimum atomic E-state index is 0.213. The van der Waals surface area contributed by atoms with Crippen LogP contribution in [0.2, 0.25) is 0 Å². The maximum atomic E-state index is 5.40. The van der Waals surface area contributed by atoms with Gasteiger partial charge in [-0.3, -0.25) is 0 Å². The summed E-state index contributed by atoms with van der Waals surface area (Å²) in [5, 5.41) is 3.53. The largest absolute Gasteiger partial charge is 0.384 e. The van der Waals surface area contributed by atoms with E-state index >= 15 is 0 Å². The average Bonchev–Trinajstić information content (AvgIpc) is 2.32. The Labute approximate surface area is 107 Å². The van der Waals surface area contributed by atoms with Crippen molar-refractivity contribution in [2.75, 3.05) is 20.3 Å². The fourth-order valence-electron chi connectivity index (χ4n) is 1.87. The molecule has 1 unspecified atom stereocenters. The Balaban J connectivity index is 4.45. The number of hydrogen-bond donors (Lipinski definition) is 1. The first-order valence-corrected chi connectivity index (χ1v) is 6.52. The Morgan fingerprint density at radius 1 is 1.47 bits per heavy atom. The summed E-state index contributed by atoms with van der Waals surface area (Å²) in [5.74, 6) is 0. The molecule has 0 saturated carbocycles. The number of nitrogens with one attached hydrogen (secondary N) is 1. The second-order valence-corrected chi connectivity index (χ2v) is 5.18. The molecule has 0 amide bonds. The van der Waals surface area contributed by atoms with Crippen LogP contribution in [0.4, 0.5) is 0 Å². The summed E-state index contributed by atoms with van der Waals surface area (Å²) in [5.41, 5.74) is 1.33. The molecule has 0 saturated heterocycles. The molecular formula is C15H29NO. The molecule has 2 nitrogen and oxygen atoms in total. The number of methoxy groups -OCH3 is 1. The quantitative estimate of drug-likeness (QED) is 0.589. The second-order valence-electron chi connectivity index (χ2n) is 5.18. The van der Waals surface area contributed by atoms with Crippen LogP contribution in [0.5, 0.6) is 0 Å². The maximum Gasteiger partial charge on any atom is 0.0530 e. The van der Waals surface area contributed by atoms with Gasteiger partial charge in [0.2, 0.25) is 0 Å². The molecule has 17 heavy (non-hydrogen) atoms. The van der Waals surface area contributed by atoms with E-state index in [1.165, 1.54) is 0 Å². The van der Waals surface area contributed by atoms with Gasteiger partial charge in [0.05, 0.1) is 6.61 Å². The van der Waals surface area contributed by atoms with Crippen LogP contribution in [0.3, 0.4) is 0 Å². The number of hydrogen-bond acceptors (Lipinski definition) is 2. The zero-order chi connectivity index (χ0) is 13.3. The molecule has 0 rings (SSSR count). The van der Waals surface area contributed by atoms with Gasteiger partial charge in [0.25, 0.3) is 0 Å². The lowest BCUT2D eigenvalue weighted by Gasteiger charge is -2.33. The summed E-state index contributed by atoms with van der Waals surface area (Å²) < 4.78 is 5.40. The predicted molar refractivity (Wildman–Crippen MR) is 76.3 cm³/mol. The first-order chi connectivity index (χ1) is 7.99. The van der Waals surface area contributed by atoms with Crippen molar-refractivity contribution in [3.63, 3.8) is 0 Å². The zero-order valence-corrected chi connectivity index (χ0v) is 12.0. The van der Waals surface area contributed by atoms with E-state index < -0.39 is 0 Å². The van der Waals surface area contributed by atoms with Crippen molar-refractivity contribution in [2.24, 2.45) is 5.41 Å². The van der Waals surface area contributed by atoms with Gasteiger partial charge in [0.15, 0.2) is 0 Å². The lowest BCUT2D eigenvalue weighted by molar-refractivity contribution is 0.0668. The highest BCUT2D eigenvalue weighted by Gasteiger charge is 2.27. The van der Waals surface area contributed by atoms with Crippen LogP contribution in [0, 0.1) is 5.41 Å². The van der Waals surface area contributed by atoms with Crippen molar-refractivity contribution >= 4 is 0 Å². The summed E-state index contributed by atoms with van der Waals surface area (Å²) in [7, 11) is 1.78. The van der Waals surface area contributed by atoms with E-state index in [0.29, 0.717) is 6.04 Å². The van der Waals surface area contributed by atoms with Crippen LogP contribution in [0.15, 0.2) is 24.8 Å². The Hall–Kier alpha value is -0.600. The third-order valence-electron chi connectivity index (χ3n) is 3.35. The van der Waals surface area contributed by atoms with Gasteiger partial charge in [-0.25, -0.2) is 0 Å². The highest BCUT2D eigenvalue weighted by Crippen LogP contribution is 2.29. The van der Waals surface area contributed by atoms with E-state index in [-0.39, 0.29) is 5.41 Å². The van der Waals surface area contributed by atoms with E-state index in [9.17, 15) is 0 Å². The van der Waals surface area contributed by atoms with E-state index in [0.717, 1.165) is 38.0 Å². The molecule has 0 aromatic heterocycles. The average molecular weight is 239 g/mol. The summed E-state index contributed by atoms with van der Waals surface area (Å²) in [4.78, 5) is 0. The van der Waals surface area contributed by atoms with Gasteiger partial charge in [-0.2, -0.15) is 0 Å². The third kappa shape index (κ3) is 6.64. The van der Waals surface area contributed by atoms with Crippen LogP contribution >= 0.6 is 0 Å². The molecule has 0 radical (unpaired) electrons. The normalized spacial score (nSPS) is 14.6. The van der Waals surface area contributed by atoms with E-state index in [2.05, 4.69) is 39.2 Å². The highest BCUT2D eigenvalue weighted by atomic mass is 16.5. The van der Waals surface area contributed by atoms with Crippen molar-refractivity contribution in [3.8, 4) is 0 Å². The van der Waals surface area contributed by atoms with Crippen LogP contribution in [-0.2, 0) is 4.74 Å². The fourth-order valence-corrected chi connectivity index (χ4v) is 1.87. The first-order valence-electron chi connectivity index (χ1n) is 6.52. The predicted octanol–water partition coefficient (Wildman–Crippen LogP) is 3.55. The molecule has 0 aromatic rings. The van der Waals surface area contributed by atoms with Gasteiger partial charge in [-0.1, -0.05) is 45.6 Å². The van der Waals surface area contributed by atoms with Gasteiger partial charge in [0, 0.05) is 25.1 Å². The topological polar surface area (TPSA) is 21.3 Å². The second kappa shape index (κ2) is 8.48. The molecular weight excluding hydrogens is 210 g/mol. The monoisotopic (exact) mass is 239 g/mol. The molecule has 0 aliphatic rings. The van der Waals surface area contributed by atoms with Gasteiger partial charge < -0.3 is 10.1 Å². The summed E-state index contributed by atoms with van der Waals surface area (Å²) in [6, 6.07) is 0.514. The molecule has 0 aliphatic heterocycles. The van der Waals surface area contributed by atoms with E-state index in [1.807, 2.05) is 6.08 Å².